The van der Waals surface area contributed by atoms with Gasteiger partial charge in [-0.2, -0.15) is 0 Å². The van der Waals surface area contributed by atoms with Gasteiger partial charge in [-0.15, -0.1) is 0 Å². The molecule has 0 N–H and O–H groups in total. The summed E-state index contributed by atoms with van der Waals surface area (Å²) in [6.45, 7) is 8.39. The van der Waals surface area contributed by atoms with Crippen molar-refractivity contribution in [3.05, 3.63) is 12.3 Å². The molecule has 1 spiro atoms. The maximum Gasteiger partial charge on any atom is 0.0677 e. The third-order valence-corrected chi connectivity index (χ3v) is 6.54. The zero-order valence-corrected chi connectivity index (χ0v) is 12.2. The fourth-order valence-electron chi connectivity index (χ4n) is 5.89. The predicted molar refractivity (Wildman–Crippen MR) is 76.8 cm³/mol. The van der Waals surface area contributed by atoms with E-state index in [2.05, 4.69) is 18.4 Å². The third-order valence-electron chi connectivity index (χ3n) is 6.54. The Labute approximate surface area is 117 Å². The van der Waals surface area contributed by atoms with Gasteiger partial charge in [0.1, 0.15) is 0 Å². The Balaban J connectivity index is 1.61. The van der Waals surface area contributed by atoms with Gasteiger partial charge in [0.2, 0.25) is 0 Å². The second kappa shape index (κ2) is 4.25. The lowest BCUT2D eigenvalue weighted by molar-refractivity contribution is -0.255. The number of hydrogen-bond acceptors (Lipinski definition) is 2. The molecule has 2 aliphatic heterocycles. The van der Waals surface area contributed by atoms with Crippen LogP contribution in [-0.4, -0.2) is 30.2 Å². The number of rotatable bonds is 1. The van der Waals surface area contributed by atoms with Gasteiger partial charge < -0.3 is 9.64 Å². The van der Waals surface area contributed by atoms with E-state index in [1.807, 2.05) is 0 Å². The number of likely N-dealkylation sites (tertiary alicyclic amines) is 1. The van der Waals surface area contributed by atoms with Crippen LogP contribution in [-0.2, 0) is 4.74 Å². The number of hydrogen-bond donors (Lipinski definition) is 0. The highest BCUT2D eigenvalue weighted by molar-refractivity contribution is 5.30. The van der Waals surface area contributed by atoms with Crippen LogP contribution in [0, 0.1) is 17.3 Å². The van der Waals surface area contributed by atoms with E-state index in [0.29, 0.717) is 11.5 Å². The molecule has 4 fully saturated rings. The normalized spacial score (nSPS) is 48.6. The minimum absolute atomic E-state index is 0.536. The van der Waals surface area contributed by atoms with Gasteiger partial charge in [0, 0.05) is 17.2 Å². The molecule has 2 heterocycles. The smallest absolute Gasteiger partial charge is 0.0677 e. The summed E-state index contributed by atoms with van der Waals surface area (Å²) in [4.78, 5) is 2.62. The zero-order chi connectivity index (χ0) is 13.0. The van der Waals surface area contributed by atoms with Gasteiger partial charge in [-0.1, -0.05) is 38.7 Å². The van der Waals surface area contributed by atoms with E-state index >= 15 is 0 Å². The number of nitrogens with zero attached hydrogens (tertiary/aromatic N) is 1. The molecule has 4 aliphatic rings. The third kappa shape index (κ3) is 1.42. The van der Waals surface area contributed by atoms with Crippen molar-refractivity contribution in [1.29, 1.82) is 0 Å². The largest absolute Gasteiger partial charge is 0.379 e. The molecule has 2 aliphatic carbocycles. The van der Waals surface area contributed by atoms with Gasteiger partial charge in [-0.25, -0.2) is 0 Å². The van der Waals surface area contributed by atoms with Crippen LogP contribution in [0.1, 0.15) is 51.9 Å². The average Bonchev–Trinajstić information content (AvgIpc) is 2.78. The monoisotopic (exact) mass is 261 g/mol. The molecular weight excluding hydrogens is 234 g/mol. The molecule has 0 bridgehead atoms. The van der Waals surface area contributed by atoms with Gasteiger partial charge in [0.25, 0.3) is 0 Å². The van der Waals surface area contributed by atoms with Crippen LogP contribution in [0.25, 0.3) is 0 Å². The first-order chi connectivity index (χ1) is 9.27. The molecule has 19 heavy (non-hydrogen) atoms. The van der Waals surface area contributed by atoms with Crippen molar-refractivity contribution < 1.29 is 4.74 Å². The summed E-state index contributed by atoms with van der Waals surface area (Å²) >= 11 is 0. The molecule has 2 heteroatoms. The molecular formula is C17H27NO. The van der Waals surface area contributed by atoms with Crippen LogP contribution >= 0.6 is 0 Å². The van der Waals surface area contributed by atoms with E-state index in [1.54, 1.807) is 0 Å². The second-order valence-electron chi connectivity index (χ2n) is 7.35. The molecule has 5 atom stereocenters. The average molecular weight is 261 g/mol. The molecule has 4 rings (SSSR count). The number of piperidine rings is 1. The van der Waals surface area contributed by atoms with Crippen molar-refractivity contribution in [2.75, 3.05) is 13.2 Å². The maximum atomic E-state index is 5.91. The Morgan fingerprint density at radius 3 is 2.68 bits per heavy atom. The summed E-state index contributed by atoms with van der Waals surface area (Å²) in [6, 6.07) is 1.44. The summed E-state index contributed by atoms with van der Waals surface area (Å²) in [5.74, 6) is 1.89. The van der Waals surface area contributed by atoms with E-state index < -0.39 is 0 Å². The first-order valence-corrected chi connectivity index (χ1v) is 8.28. The lowest BCUT2D eigenvalue weighted by Gasteiger charge is -2.76. The minimum atomic E-state index is 0.536. The first kappa shape index (κ1) is 12.3. The Hall–Kier alpha value is -0.500. The molecule has 0 aromatic rings. The van der Waals surface area contributed by atoms with Crippen molar-refractivity contribution in [3.8, 4) is 0 Å². The van der Waals surface area contributed by atoms with Gasteiger partial charge in [-0.05, 0) is 31.6 Å². The fourth-order valence-corrected chi connectivity index (χ4v) is 5.89. The Kier molecular flexibility index (Phi) is 2.74. The first-order valence-electron chi connectivity index (χ1n) is 8.28. The summed E-state index contributed by atoms with van der Waals surface area (Å²) in [5, 5.41) is 0. The second-order valence-corrected chi connectivity index (χ2v) is 7.35. The van der Waals surface area contributed by atoms with Crippen LogP contribution < -0.4 is 0 Å². The van der Waals surface area contributed by atoms with Crippen LogP contribution in [0.15, 0.2) is 12.3 Å². The van der Waals surface area contributed by atoms with E-state index in [-0.39, 0.29) is 0 Å². The van der Waals surface area contributed by atoms with Crippen LogP contribution in [0.2, 0.25) is 0 Å². The summed E-state index contributed by atoms with van der Waals surface area (Å²) in [6.07, 6.45) is 10.2. The molecule has 0 amide bonds. The van der Waals surface area contributed by atoms with Gasteiger partial charge in [-0.3, -0.25) is 0 Å². The predicted octanol–water partition coefficient (Wildman–Crippen LogP) is 3.58. The summed E-state index contributed by atoms with van der Waals surface area (Å²) in [5.41, 5.74) is 1.81. The SMILES string of the molecule is C=C(C)N1C2COCC23C2CCCCCCCC2C13. The number of allylic oxidation sites excluding steroid dienone is 1. The molecule has 5 unspecified atom stereocenters. The van der Waals surface area contributed by atoms with Gasteiger partial charge >= 0.3 is 0 Å². The molecule has 0 radical (unpaired) electrons. The highest BCUT2D eigenvalue weighted by atomic mass is 16.5. The van der Waals surface area contributed by atoms with Crippen molar-refractivity contribution in [3.63, 3.8) is 0 Å². The molecule has 0 aromatic carbocycles. The maximum absolute atomic E-state index is 5.91. The van der Waals surface area contributed by atoms with E-state index in [9.17, 15) is 0 Å². The Morgan fingerprint density at radius 1 is 1.16 bits per heavy atom. The van der Waals surface area contributed by atoms with E-state index in [0.717, 1.165) is 31.1 Å². The van der Waals surface area contributed by atoms with Crippen LogP contribution in [0.4, 0.5) is 0 Å². The Morgan fingerprint density at radius 2 is 1.89 bits per heavy atom. The summed E-state index contributed by atoms with van der Waals surface area (Å²) < 4.78 is 5.91. The van der Waals surface area contributed by atoms with Crippen LogP contribution in [0.5, 0.6) is 0 Å². The number of ether oxygens (including phenoxy) is 1. The van der Waals surface area contributed by atoms with Crippen molar-refractivity contribution in [1.82, 2.24) is 4.90 Å². The zero-order valence-electron chi connectivity index (χ0n) is 12.2. The standard InChI is InChI=1S/C17H27NO/c1-12(2)18-15-10-19-11-17(15)14-9-7-5-3-4-6-8-13(14)16(17)18/h13-16H,1,3-11H2,2H3. The van der Waals surface area contributed by atoms with E-state index in [4.69, 9.17) is 4.74 Å². The fraction of sp³-hybridized carbons (Fsp3) is 0.882. The molecule has 106 valence electrons. The van der Waals surface area contributed by atoms with Crippen molar-refractivity contribution in [2.24, 2.45) is 17.3 Å². The van der Waals surface area contributed by atoms with E-state index in [1.165, 1.54) is 50.6 Å². The molecule has 2 saturated carbocycles. The molecule has 0 aromatic heterocycles. The van der Waals surface area contributed by atoms with Crippen molar-refractivity contribution >= 4 is 0 Å². The molecule has 2 nitrogen and oxygen atoms in total. The molecule has 2 saturated heterocycles. The number of fused-ring (bicyclic) bond motifs is 2. The lowest BCUT2D eigenvalue weighted by Crippen LogP contribution is -2.83. The van der Waals surface area contributed by atoms with Crippen molar-refractivity contribution in [2.45, 2.75) is 64.0 Å². The Bertz CT molecular complexity index is 393. The minimum Gasteiger partial charge on any atom is -0.379 e. The van der Waals surface area contributed by atoms with Gasteiger partial charge in [0.05, 0.1) is 19.3 Å². The quantitative estimate of drug-likeness (QED) is 0.715. The highest BCUT2D eigenvalue weighted by Gasteiger charge is 2.76. The lowest BCUT2D eigenvalue weighted by atomic mass is 9.40. The summed E-state index contributed by atoms with van der Waals surface area (Å²) in [7, 11) is 0. The van der Waals surface area contributed by atoms with Crippen LogP contribution in [0.3, 0.4) is 0 Å². The topological polar surface area (TPSA) is 12.5 Å². The van der Waals surface area contributed by atoms with Gasteiger partial charge in [0.15, 0.2) is 0 Å². The highest BCUT2D eigenvalue weighted by Crippen LogP contribution is 2.70.